The zero-order valence-electron chi connectivity index (χ0n) is 12.2. The summed E-state index contributed by atoms with van der Waals surface area (Å²) in [5, 5.41) is 0.0289. The van der Waals surface area contributed by atoms with Crippen LogP contribution < -0.4 is 5.73 Å². The summed E-state index contributed by atoms with van der Waals surface area (Å²) in [7, 11) is 0. The number of benzene rings is 1. The van der Waals surface area contributed by atoms with E-state index in [0.29, 0.717) is 18.2 Å². The topological polar surface area (TPSA) is 43.1 Å². The quantitative estimate of drug-likeness (QED) is 0.779. The molecule has 0 aliphatic heterocycles. The second kappa shape index (κ2) is 7.71. The monoisotopic (exact) mass is 279 g/mol. The lowest BCUT2D eigenvalue weighted by Crippen LogP contribution is -2.18. The minimum absolute atomic E-state index is 0.0289. The molecule has 0 saturated carbocycles. The van der Waals surface area contributed by atoms with E-state index >= 15 is 0 Å². The lowest BCUT2D eigenvalue weighted by atomic mass is 9.88. The maximum absolute atomic E-state index is 10.9. The first kappa shape index (κ1) is 16.3. The van der Waals surface area contributed by atoms with Crippen LogP contribution in [0.2, 0.25) is 0 Å². The van der Waals surface area contributed by atoms with Gasteiger partial charge < -0.3 is 5.73 Å². The fraction of sp³-hybridized carbons (Fsp3) is 0.562. The van der Waals surface area contributed by atoms with Crippen LogP contribution >= 0.6 is 0 Å². The predicted molar refractivity (Wildman–Crippen MR) is 83.2 cm³/mol. The molecule has 2 nitrogen and oxygen atoms in total. The summed E-state index contributed by atoms with van der Waals surface area (Å²) in [6.07, 6.45) is 2.87. The zero-order chi connectivity index (χ0) is 14.4. The first-order valence-electron chi connectivity index (χ1n) is 7.02. The molecule has 0 aliphatic carbocycles. The van der Waals surface area contributed by atoms with Gasteiger partial charge in [-0.15, -0.1) is 0 Å². The third kappa shape index (κ3) is 4.08. The van der Waals surface area contributed by atoms with Crippen molar-refractivity contribution in [2.24, 2.45) is 11.7 Å². The van der Waals surface area contributed by atoms with Crippen LogP contribution in [0.5, 0.6) is 0 Å². The number of aryl methyl sites for hydroxylation is 2. The molecule has 0 aliphatic rings. The summed E-state index contributed by atoms with van der Waals surface area (Å²) < 4.78 is 10.9. The van der Waals surface area contributed by atoms with Crippen molar-refractivity contribution in [1.82, 2.24) is 0 Å². The van der Waals surface area contributed by atoms with Gasteiger partial charge in [0.05, 0.1) is 0 Å². The lowest BCUT2D eigenvalue weighted by Gasteiger charge is -2.18. The molecular weight excluding hydrogens is 254 g/mol. The molecule has 0 bridgehead atoms. The third-order valence-corrected chi connectivity index (χ3v) is 4.47. The fourth-order valence-corrected chi connectivity index (χ4v) is 2.59. The molecule has 0 saturated heterocycles. The van der Waals surface area contributed by atoms with Gasteiger partial charge in [-0.1, -0.05) is 26.0 Å². The van der Waals surface area contributed by atoms with E-state index in [-0.39, 0.29) is 11.2 Å². The van der Waals surface area contributed by atoms with E-state index in [9.17, 15) is 4.21 Å². The summed E-state index contributed by atoms with van der Waals surface area (Å²) in [6, 6.07) is 4.48. The molecule has 3 heteroatoms. The van der Waals surface area contributed by atoms with Gasteiger partial charge in [-0.3, -0.25) is 0 Å². The van der Waals surface area contributed by atoms with Crippen molar-refractivity contribution in [3.05, 3.63) is 41.3 Å². The van der Waals surface area contributed by atoms with Gasteiger partial charge in [-0.05, 0) is 55.4 Å². The van der Waals surface area contributed by atoms with Gasteiger partial charge in [0, 0.05) is 16.7 Å². The van der Waals surface area contributed by atoms with Crippen LogP contribution in [0.3, 0.4) is 0 Å². The van der Waals surface area contributed by atoms with Crippen molar-refractivity contribution in [1.29, 1.82) is 0 Å². The van der Waals surface area contributed by atoms with Crippen molar-refractivity contribution in [2.75, 3.05) is 0 Å². The van der Waals surface area contributed by atoms with Crippen LogP contribution in [0.25, 0.3) is 0 Å². The highest BCUT2D eigenvalue weighted by Crippen LogP contribution is 2.23. The lowest BCUT2D eigenvalue weighted by molar-refractivity contribution is 0.571. The van der Waals surface area contributed by atoms with Crippen LogP contribution in [0.1, 0.15) is 43.0 Å². The van der Waals surface area contributed by atoms with Gasteiger partial charge in [0.1, 0.15) is 0 Å². The second-order valence-electron chi connectivity index (χ2n) is 5.07. The van der Waals surface area contributed by atoms with E-state index in [0.717, 1.165) is 19.3 Å². The van der Waals surface area contributed by atoms with Crippen LogP contribution in [0.4, 0.5) is 0 Å². The highest BCUT2D eigenvalue weighted by Gasteiger charge is 2.25. The molecule has 0 aromatic heterocycles. The minimum Gasteiger partial charge on any atom is -0.326 e. The highest BCUT2D eigenvalue weighted by atomic mass is 32.1. The molecule has 2 atom stereocenters. The van der Waals surface area contributed by atoms with Crippen molar-refractivity contribution in [3.8, 4) is 0 Å². The zero-order valence-corrected chi connectivity index (χ0v) is 13.1. The summed E-state index contributed by atoms with van der Waals surface area (Å²) >= 11 is 0.643. The highest BCUT2D eigenvalue weighted by molar-refractivity contribution is 7.66. The van der Waals surface area contributed by atoms with Gasteiger partial charge in [0.2, 0.25) is 5.25 Å². The molecule has 0 heterocycles. The van der Waals surface area contributed by atoms with Crippen LogP contribution in [-0.2, 0) is 41.7 Å². The molecule has 105 valence electrons. The van der Waals surface area contributed by atoms with Crippen LogP contribution in [-0.4, -0.2) is 5.25 Å². The van der Waals surface area contributed by atoms with Gasteiger partial charge in [-0.25, -0.2) is 0 Å². The number of nitrogens with two attached hydrogens (primary N) is 1. The molecule has 0 spiro atoms. The normalized spacial score (nSPS) is 14.2. The summed E-state index contributed by atoms with van der Waals surface area (Å²) in [5.41, 5.74) is 11.1. The summed E-state index contributed by atoms with van der Waals surface area (Å²) in [6.45, 7) is 11.0. The van der Waals surface area contributed by atoms with E-state index in [4.69, 9.17) is 5.73 Å². The first-order chi connectivity index (χ1) is 9.07. The molecule has 0 amide bonds. The molecule has 1 aromatic rings. The molecular formula is C16H25NOS+. The van der Waals surface area contributed by atoms with E-state index in [1.165, 1.54) is 22.3 Å². The Morgan fingerprint density at radius 3 is 2.37 bits per heavy atom. The maximum Gasteiger partial charge on any atom is 0.462 e. The number of hydrogen-bond donors (Lipinski definition) is 1. The van der Waals surface area contributed by atoms with Gasteiger partial charge >= 0.3 is 11.7 Å². The first-order valence-corrected chi connectivity index (χ1v) is 7.83. The molecule has 1 aromatic carbocycles. The average Bonchev–Trinajstić information content (AvgIpc) is 2.45. The van der Waals surface area contributed by atoms with Gasteiger partial charge in [-0.2, -0.15) is 0 Å². The molecule has 1 rings (SSSR count). The van der Waals surface area contributed by atoms with Gasteiger partial charge in [0.15, 0.2) is 0 Å². The van der Waals surface area contributed by atoms with Crippen molar-refractivity contribution < 1.29 is 4.21 Å². The molecule has 0 fully saturated rings. The number of rotatable bonds is 7. The van der Waals surface area contributed by atoms with E-state index in [2.05, 4.69) is 32.9 Å². The molecule has 2 unspecified atom stereocenters. The largest absolute Gasteiger partial charge is 0.462 e. The minimum atomic E-state index is 0.0289. The van der Waals surface area contributed by atoms with Crippen molar-refractivity contribution >= 4 is 11.7 Å². The average molecular weight is 279 g/mol. The smallest absolute Gasteiger partial charge is 0.326 e. The van der Waals surface area contributed by atoms with Gasteiger partial charge in [0.25, 0.3) is 0 Å². The maximum atomic E-state index is 10.9. The van der Waals surface area contributed by atoms with Crippen LogP contribution in [0.15, 0.2) is 12.1 Å². The Hall–Kier alpha value is -0.800. The molecule has 1 radical (unpaired) electrons. The summed E-state index contributed by atoms with van der Waals surface area (Å²) in [4.78, 5) is 0. The Balaban J connectivity index is 3.13. The molecule has 19 heavy (non-hydrogen) atoms. The number of hydrogen-bond acceptors (Lipinski definition) is 2. The van der Waals surface area contributed by atoms with Crippen molar-refractivity contribution in [3.63, 3.8) is 0 Å². The standard InChI is InChI=1S/C16H25NOS/c1-5-13-8-14(6-2)16(15(9-13)10-17)7-11(3)12(4)19-18/h8-9,11-12H,3,5-7,10,17H2,1-2,4H3/q+1. The Kier molecular flexibility index (Phi) is 6.59. The van der Waals surface area contributed by atoms with E-state index < -0.39 is 0 Å². The molecule has 2 N–H and O–H groups in total. The Morgan fingerprint density at radius 2 is 1.89 bits per heavy atom. The SMILES string of the molecule is [CH2]C(Cc1c(CC)cc(CC)cc1CN)C(C)[S+]=O. The Bertz CT molecular complexity index is 406. The van der Waals surface area contributed by atoms with E-state index in [1.807, 2.05) is 6.92 Å². The predicted octanol–water partition coefficient (Wildman–Crippen LogP) is 3.08. The second-order valence-corrected chi connectivity index (χ2v) is 6.01. The van der Waals surface area contributed by atoms with E-state index in [1.54, 1.807) is 0 Å². The fourth-order valence-electron chi connectivity index (χ4n) is 2.34. The summed E-state index contributed by atoms with van der Waals surface area (Å²) in [5.74, 6) is 0.130. The van der Waals surface area contributed by atoms with Crippen molar-refractivity contribution in [2.45, 2.75) is 51.8 Å². The Labute approximate surface area is 121 Å². The third-order valence-electron chi connectivity index (χ3n) is 3.79. The van der Waals surface area contributed by atoms with Crippen LogP contribution in [0, 0.1) is 12.8 Å². The Morgan fingerprint density at radius 1 is 1.26 bits per heavy atom.